The highest BCUT2D eigenvalue weighted by Crippen LogP contribution is 2.50. The summed E-state index contributed by atoms with van der Waals surface area (Å²) in [7, 11) is 4.26. The lowest BCUT2D eigenvalue weighted by atomic mass is 9.67. The Kier molecular flexibility index (Phi) is 7.11. The highest BCUT2D eigenvalue weighted by molar-refractivity contribution is 6.04. The van der Waals surface area contributed by atoms with Crippen LogP contribution in [0.25, 0.3) is 0 Å². The highest BCUT2D eigenvalue weighted by atomic mass is 16.3. The van der Waals surface area contributed by atoms with Crippen LogP contribution < -0.4 is 10.2 Å². The molecular formula is C32H43N5O4. The smallest absolute Gasteiger partial charge is 0.325 e. The lowest BCUT2D eigenvalue weighted by molar-refractivity contribution is -0.0725. The summed E-state index contributed by atoms with van der Waals surface area (Å²) in [6.07, 6.45) is 9.53. The van der Waals surface area contributed by atoms with E-state index in [2.05, 4.69) is 53.6 Å². The number of aliphatic hydroxyl groups is 2. The van der Waals surface area contributed by atoms with Crippen molar-refractivity contribution < 1.29 is 19.8 Å². The number of carbonyl (C=O) groups is 2. The molecule has 4 aliphatic rings. The Morgan fingerprint density at radius 1 is 0.927 bits per heavy atom. The molecule has 2 heterocycles. The molecule has 3 saturated carbocycles. The van der Waals surface area contributed by atoms with Crippen LogP contribution in [0.5, 0.6) is 0 Å². The molecule has 1 aromatic carbocycles. The van der Waals surface area contributed by atoms with Crippen LogP contribution in [-0.2, 0) is 5.54 Å². The fourth-order valence-corrected chi connectivity index (χ4v) is 7.44. The second kappa shape index (κ2) is 10.4. The number of carbonyl (C=O) groups excluding carboxylic acids is 2. The maximum Gasteiger partial charge on any atom is 0.325 e. The lowest BCUT2D eigenvalue weighted by Crippen LogP contribution is -2.59. The number of amides is 3. The molecular weight excluding hydrogens is 518 g/mol. The zero-order valence-corrected chi connectivity index (χ0v) is 24.3. The molecule has 41 heavy (non-hydrogen) atoms. The molecule has 3 amide bonds. The topological polar surface area (TPSA) is 109 Å². The average Bonchev–Trinajstić information content (AvgIpc) is 3.21. The molecule has 9 nitrogen and oxygen atoms in total. The lowest BCUT2D eigenvalue weighted by Gasteiger charge is -2.52. The number of hydrogen-bond donors (Lipinski definition) is 3. The van der Waals surface area contributed by atoms with E-state index >= 15 is 0 Å². The van der Waals surface area contributed by atoms with Crippen LogP contribution in [0, 0.1) is 0 Å². The third-order valence-electron chi connectivity index (χ3n) is 10.6. The Bertz CT molecular complexity index is 1280. The van der Waals surface area contributed by atoms with Crippen molar-refractivity contribution in [2.75, 3.05) is 38.6 Å². The molecule has 3 N–H and O–H groups in total. The number of urea groups is 1. The molecule has 1 saturated heterocycles. The molecule has 1 aromatic heterocycles. The van der Waals surface area contributed by atoms with Crippen LogP contribution in [0.15, 0.2) is 48.7 Å². The summed E-state index contributed by atoms with van der Waals surface area (Å²) in [5, 5.41) is 24.6. The number of anilines is 1. The maximum atomic E-state index is 14.2. The van der Waals surface area contributed by atoms with Crippen molar-refractivity contribution in [3.05, 3.63) is 59.9 Å². The van der Waals surface area contributed by atoms with Crippen molar-refractivity contribution in [1.29, 1.82) is 0 Å². The number of benzene rings is 1. The van der Waals surface area contributed by atoms with Gasteiger partial charge in [-0.1, -0.05) is 30.3 Å². The first-order chi connectivity index (χ1) is 19.6. The summed E-state index contributed by atoms with van der Waals surface area (Å²) in [5.74, 6) is -0.391. The molecule has 9 heteroatoms. The van der Waals surface area contributed by atoms with Crippen LogP contribution >= 0.6 is 0 Å². The first-order valence-electron chi connectivity index (χ1n) is 15.1. The van der Waals surface area contributed by atoms with Crippen molar-refractivity contribution in [3.8, 4) is 0 Å². The van der Waals surface area contributed by atoms with Crippen LogP contribution in [0.4, 0.5) is 10.5 Å². The van der Waals surface area contributed by atoms with Gasteiger partial charge in [-0.25, -0.2) is 9.78 Å². The molecule has 0 atom stereocenters. The fraction of sp³-hybridized carbons (Fsp3) is 0.594. The number of aromatic nitrogens is 1. The molecule has 1 spiro atoms. The van der Waals surface area contributed by atoms with Gasteiger partial charge in [0, 0.05) is 18.3 Å². The number of pyridine rings is 1. The maximum absolute atomic E-state index is 14.2. The minimum atomic E-state index is -0.860. The molecule has 6 rings (SSSR count). The van der Waals surface area contributed by atoms with E-state index in [0.717, 1.165) is 38.5 Å². The summed E-state index contributed by atoms with van der Waals surface area (Å²) in [6.45, 7) is 0.915. The van der Waals surface area contributed by atoms with Crippen molar-refractivity contribution in [3.63, 3.8) is 0 Å². The number of rotatable bonds is 8. The zero-order chi connectivity index (χ0) is 28.9. The fourth-order valence-electron chi connectivity index (χ4n) is 7.44. The Morgan fingerprint density at radius 3 is 2.17 bits per heavy atom. The van der Waals surface area contributed by atoms with E-state index in [1.165, 1.54) is 5.56 Å². The Balaban J connectivity index is 1.29. The summed E-state index contributed by atoms with van der Waals surface area (Å²) < 4.78 is 0. The molecule has 220 valence electrons. The van der Waals surface area contributed by atoms with E-state index in [1.807, 2.05) is 11.0 Å². The van der Waals surface area contributed by atoms with Gasteiger partial charge in [-0.3, -0.25) is 14.6 Å². The summed E-state index contributed by atoms with van der Waals surface area (Å²) in [6, 6.07) is 14.0. The predicted octanol–water partition coefficient (Wildman–Crippen LogP) is 3.65. The van der Waals surface area contributed by atoms with Crippen LogP contribution in [0.1, 0.15) is 80.3 Å². The van der Waals surface area contributed by atoms with Crippen molar-refractivity contribution in [2.24, 2.45) is 0 Å². The van der Waals surface area contributed by atoms with Gasteiger partial charge in [0.15, 0.2) is 5.69 Å². The Hall–Kier alpha value is -3.01. The first kappa shape index (κ1) is 28.1. The molecule has 3 aliphatic carbocycles. The number of β-amino-alcohol motifs (C(OH)–C–C–N with tert-alkyl or cyclic N) is 1. The van der Waals surface area contributed by atoms with E-state index in [-0.39, 0.29) is 23.8 Å². The quantitative estimate of drug-likeness (QED) is 0.454. The van der Waals surface area contributed by atoms with E-state index in [1.54, 1.807) is 23.2 Å². The minimum absolute atomic E-state index is 0.136. The molecule has 2 aromatic rings. The van der Waals surface area contributed by atoms with E-state index in [9.17, 15) is 19.8 Å². The van der Waals surface area contributed by atoms with E-state index in [0.29, 0.717) is 44.5 Å². The van der Waals surface area contributed by atoms with Gasteiger partial charge in [-0.05, 0) is 96.0 Å². The minimum Gasteiger partial charge on any atom is -0.388 e. The van der Waals surface area contributed by atoms with Crippen molar-refractivity contribution in [2.45, 2.75) is 86.5 Å². The van der Waals surface area contributed by atoms with Crippen LogP contribution in [-0.4, -0.2) is 87.4 Å². The number of nitrogens with zero attached hydrogens (tertiary/aromatic N) is 4. The first-order valence-corrected chi connectivity index (χ1v) is 15.1. The van der Waals surface area contributed by atoms with Gasteiger partial charge in [-0.15, -0.1) is 0 Å². The van der Waals surface area contributed by atoms with Gasteiger partial charge in [0.1, 0.15) is 0 Å². The van der Waals surface area contributed by atoms with Gasteiger partial charge in [0.25, 0.3) is 5.91 Å². The normalized spacial score (nSPS) is 28.5. The summed E-state index contributed by atoms with van der Waals surface area (Å²) in [5.41, 5.74) is -0.361. The van der Waals surface area contributed by atoms with Crippen molar-refractivity contribution in [1.82, 2.24) is 20.1 Å². The van der Waals surface area contributed by atoms with Gasteiger partial charge in [0.2, 0.25) is 0 Å². The second-order valence-corrected chi connectivity index (χ2v) is 13.2. The summed E-state index contributed by atoms with van der Waals surface area (Å²) in [4.78, 5) is 37.8. The Labute approximate surface area is 242 Å². The molecule has 4 fully saturated rings. The predicted molar refractivity (Wildman–Crippen MR) is 157 cm³/mol. The SMILES string of the molecule is CN(C)C1(c2ccccc2)CCC2(CC1)CN(c1cccnc1C(=O)NCC1(O)CCC1)C(=O)N2CC1(O)CCC1. The van der Waals surface area contributed by atoms with Gasteiger partial charge < -0.3 is 20.4 Å². The van der Waals surface area contributed by atoms with Gasteiger partial charge >= 0.3 is 6.03 Å². The standard InChI is InChI=1S/C32H43N5O4/c1-35(2)32(24-9-4-3-5-10-24)18-16-29(17-19-32)22-36(28(39)37(29)23-31(41)14-8-15-31)25-11-6-20-33-26(25)27(38)34-21-30(40)12-7-13-30/h3-6,9-11,20,40-41H,7-8,12-19,21-23H2,1-2H3,(H,34,38). The summed E-state index contributed by atoms with van der Waals surface area (Å²) >= 11 is 0. The average molecular weight is 562 g/mol. The largest absolute Gasteiger partial charge is 0.388 e. The zero-order valence-electron chi connectivity index (χ0n) is 24.3. The third-order valence-corrected chi connectivity index (χ3v) is 10.6. The van der Waals surface area contributed by atoms with Crippen LogP contribution in [0.3, 0.4) is 0 Å². The van der Waals surface area contributed by atoms with E-state index < -0.39 is 22.6 Å². The molecule has 1 aliphatic heterocycles. The molecule has 0 unspecified atom stereocenters. The highest BCUT2D eigenvalue weighted by Gasteiger charge is 2.57. The van der Waals surface area contributed by atoms with Gasteiger partial charge in [-0.2, -0.15) is 0 Å². The van der Waals surface area contributed by atoms with Crippen molar-refractivity contribution >= 4 is 17.6 Å². The van der Waals surface area contributed by atoms with Crippen LogP contribution in [0.2, 0.25) is 0 Å². The van der Waals surface area contributed by atoms with Gasteiger partial charge in [0.05, 0.1) is 35.5 Å². The molecule has 0 bridgehead atoms. The second-order valence-electron chi connectivity index (χ2n) is 13.2. The monoisotopic (exact) mass is 561 g/mol. The van der Waals surface area contributed by atoms with E-state index in [4.69, 9.17) is 0 Å². The third kappa shape index (κ3) is 4.91. The number of nitrogens with one attached hydrogen (secondary N) is 1. The molecule has 0 radical (unpaired) electrons. The number of hydrogen-bond acceptors (Lipinski definition) is 6. The Morgan fingerprint density at radius 2 is 1.59 bits per heavy atom.